The third-order valence-electron chi connectivity index (χ3n) is 3.88. The summed E-state index contributed by atoms with van der Waals surface area (Å²) in [5.74, 6) is 0. The first-order chi connectivity index (χ1) is 12.5. The minimum atomic E-state index is -4.54. The molecule has 3 aromatic rings. The second kappa shape index (κ2) is 6.56. The predicted molar refractivity (Wildman–Crippen MR) is 86.5 cm³/mol. The van der Waals surface area contributed by atoms with E-state index in [2.05, 4.69) is 10.3 Å². The van der Waals surface area contributed by atoms with Crippen molar-refractivity contribution in [2.45, 2.75) is 19.3 Å². The number of nitrogens with zero attached hydrogens (tertiary/aromatic N) is 3. The number of aromatic nitrogens is 3. The zero-order chi connectivity index (χ0) is 20.0. The van der Waals surface area contributed by atoms with E-state index in [4.69, 9.17) is 11.6 Å². The highest BCUT2D eigenvalue weighted by molar-refractivity contribution is 6.32. The molecule has 27 heavy (non-hydrogen) atoms. The summed E-state index contributed by atoms with van der Waals surface area (Å²) in [6, 6.07) is 7.12. The zero-order valence-electron chi connectivity index (χ0n) is 13.5. The molecular formula is C17H10ClF6N3. The minimum absolute atomic E-state index is 0.174. The van der Waals surface area contributed by atoms with Crippen LogP contribution in [0.2, 0.25) is 5.02 Å². The molecule has 2 aromatic carbocycles. The van der Waals surface area contributed by atoms with Crippen LogP contribution in [0.25, 0.3) is 16.9 Å². The Morgan fingerprint density at radius 3 is 1.93 bits per heavy atom. The maximum Gasteiger partial charge on any atom is 0.416 e. The second-order valence-electron chi connectivity index (χ2n) is 5.67. The Hall–Kier alpha value is -2.55. The molecule has 3 rings (SSSR count). The Morgan fingerprint density at radius 2 is 1.41 bits per heavy atom. The van der Waals surface area contributed by atoms with Crippen LogP contribution in [-0.2, 0) is 12.4 Å². The van der Waals surface area contributed by atoms with Crippen molar-refractivity contribution in [2.24, 2.45) is 0 Å². The van der Waals surface area contributed by atoms with Gasteiger partial charge in [-0.05, 0) is 37.3 Å². The normalized spacial score (nSPS) is 12.4. The van der Waals surface area contributed by atoms with Crippen LogP contribution in [0.3, 0.4) is 0 Å². The van der Waals surface area contributed by atoms with Gasteiger partial charge in [0.1, 0.15) is 5.69 Å². The van der Waals surface area contributed by atoms with Crippen LogP contribution in [0.4, 0.5) is 26.3 Å². The van der Waals surface area contributed by atoms with Crippen molar-refractivity contribution in [3.8, 4) is 16.9 Å². The van der Waals surface area contributed by atoms with Crippen molar-refractivity contribution in [2.75, 3.05) is 0 Å². The van der Waals surface area contributed by atoms with Gasteiger partial charge in [0.05, 0.1) is 27.5 Å². The molecule has 0 bridgehead atoms. The van der Waals surface area contributed by atoms with Crippen molar-refractivity contribution < 1.29 is 26.3 Å². The highest BCUT2D eigenvalue weighted by atomic mass is 35.5. The minimum Gasteiger partial charge on any atom is -0.216 e. The van der Waals surface area contributed by atoms with E-state index >= 15 is 0 Å². The molecule has 142 valence electrons. The van der Waals surface area contributed by atoms with E-state index < -0.39 is 23.5 Å². The number of alkyl halides is 6. The molecule has 0 saturated carbocycles. The summed E-state index contributed by atoms with van der Waals surface area (Å²) in [5, 5.41) is 7.60. The Labute approximate surface area is 154 Å². The highest BCUT2D eigenvalue weighted by Crippen LogP contribution is 2.35. The summed E-state index contributed by atoms with van der Waals surface area (Å²) in [4.78, 5) is 0. The van der Waals surface area contributed by atoms with Crippen LogP contribution in [0, 0.1) is 6.92 Å². The number of hydrogen-bond donors (Lipinski definition) is 0. The summed E-state index contributed by atoms with van der Waals surface area (Å²) in [7, 11) is 0. The molecule has 0 aliphatic heterocycles. The molecule has 0 fully saturated rings. The van der Waals surface area contributed by atoms with E-state index in [1.165, 1.54) is 16.8 Å². The van der Waals surface area contributed by atoms with Gasteiger partial charge in [-0.3, -0.25) is 0 Å². The lowest BCUT2D eigenvalue weighted by atomic mass is 10.1. The van der Waals surface area contributed by atoms with E-state index in [-0.39, 0.29) is 10.7 Å². The summed E-state index contributed by atoms with van der Waals surface area (Å²) >= 11 is 5.95. The maximum atomic E-state index is 12.7. The van der Waals surface area contributed by atoms with E-state index in [1.807, 2.05) is 0 Å². The van der Waals surface area contributed by atoms with Gasteiger partial charge >= 0.3 is 12.4 Å². The summed E-state index contributed by atoms with van der Waals surface area (Å²) in [6.45, 7) is 1.58. The molecule has 1 heterocycles. The standard InChI is InChI=1S/C17H10ClF6N3/c1-9-15(10-2-4-11(5-3-10)16(19,20)21)25-26-27(9)14-7-6-12(8-13(14)18)17(22,23)24/h2-8H,1H3. The second-order valence-corrected chi connectivity index (χ2v) is 6.08. The van der Waals surface area contributed by atoms with Crippen molar-refractivity contribution in [1.82, 2.24) is 15.0 Å². The number of rotatable bonds is 2. The summed E-state index contributed by atoms with van der Waals surface area (Å²) in [5.41, 5.74) is -0.447. The summed E-state index contributed by atoms with van der Waals surface area (Å²) in [6.07, 6.45) is -9.00. The molecule has 0 unspecified atom stereocenters. The quantitative estimate of drug-likeness (QED) is 0.494. The van der Waals surface area contributed by atoms with Gasteiger partial charge in [-0.25, -0.2) is 4.68 Å². The first kappa shape index (κ1) is 19.2. The summed E-state index contributed by atoms with van der Waals surface area (Å²) < 4.78 is 77.5. The van der Waals surface area contributed by atoms with Gasteiger partial charge in [0, 0.05) is 5.56 Å². The molecular weight excluding hydrogens is 396 g/mol. The van der Waals surface area contributed by atoms with Crippen molar-refractivity contribution >= 4 is 11.6 Å². The third-order valence-corrected chi connectivity index (χ3v) is 4.19. The Balaban J connectivity index is 1.99. The third kappa shape index (κ3) is 3.78. The molecule has 0 aliphatic rings. The molecule has 0 aliphatic carbocycles. The lowest BCUT2D eigenvalue weighted by molar-refractivity contribution is -0.138. The largest absolute Gasteiger partial charge is 0.416 e. The monoisotopic (exact) mass is 405 g/mol. The average Bonchev–Trinajstić information content (AvgIpc) is 2.94. The van der Waals surface area contributed by atoms with E-state index in [1.54, 1.807) is 6.92 Å². The number of benzene rings is 2. The SMILES string of the molecule is Cc1c(-c2ccc(C(F)(F)F)cc2)nnn1-c1ccc(C(F)(F)F)cc1Cl. The van der Waals surface area contributed by atoms with Crippen molar-refractivity contribution in [1.29, 1.82) is 0 Å². The maximum absolute atomic E-state index is 12.7. The molecule has 0 N–H and O–H groups in total. The van der Waals surface area contributed by atoms with Gasteiger partial charge in [0.15, 0.2) is 0 Å². The fourth-order valence-electron chi connectivity index (χ4n) is 2.50. The van der Waals surface area contributed by atoms with Crippen LogP contribution in [0.5, 0.6) is 0 Å². The van der Waals surface area contributed by atoms with Gasteiger partial charge in [-0.1, -0.05) is 28.9 Å². The Bertz CT molecular complexity index is 974. The van der Waals surface area contributed by atoms with Crippen LogP contribution in [0.15, 0.2) is 42.5 Å². The highest BCUT2D eigenvalue weighted by Gasteiger charge is 2.32. The van der Waals surface area contributed by atoms with Gasteiger partial charge < -0.3 is 0 Å². The van der Waals surface area contributed by atoms with Gasteiger partial charge in [-0.2, -0.15) is 26.3 Å². The van der Waals surface area contributed by atoms with E-state index in [9.17, 15) is 26.3 Å². The molecule has 10 heteroatoms. The lowest BCUT2D eigenvalue weighted by Gasteiger charge is -2.11. The van der Waals surface area contributed by atoms with Crippen LogP contribution < -0.4 is 0 Å². The molecule has 0 atom stereocenters. The van der Waals surface area contributed by atoms with E-state index in [0.717, 1.165) is 30.3 Å². The van der Waals surface area contributed by atoms with Gasteiger partial charge in [0.25, 0.3) is 0 Å². The smallest absolute Gasteiger partial charge is 0.216 e. The molecule has 0 amide bonds. The Kier molecular flexibility index (Phi) is 4.67. The fraction of sp³-hybridized carbons (Fsp3) is 0.176. The van der Waals surface area contributed by atoms with Gasteiger partial charge in [-0.15, -0.1) is 5.10 Å². The topological polar surface area (TPSA) is 30.7 Å². The molecule has 0 saturated heterocycles. The van der Waals surface area contributed by atoms with E-state index in [0.29, 0.717) is 17.0 Å². The predicted octanol–water partition coefficient (Wildman–Crippen LogP) is 5.93. The van der Waals surface area contributed by atoms with Crippen molar-refractivity contribution in [3.63, 3.8) is 0 Å². The van der Waals surface area contributed by atoms with Crippen molar-refractivity contribution in [3.05, 3.63) is 64.3 Å². The fourth-order valence-corrected chi connectivity index (χ4v) is 2.76. The number of halogens is 7. The van der Waals surface area contributed by atoms with Crippen LogP contribution in [0.1, 0.15) is 16.8 Å². The number of hydrogen-bond acceptors (Lipinski definition) is 2. The van der Waals surface area contributed by atoms with Crippen LogP contribution >= 0.6 is 11.6 Å². The molecule has 0 radical (unpaired) electrons. The van der Waals surface area contributed by atoms with Gasteiger partial charge in [0.2, 0.25) is 0 Å². The first-order valence-electron chi connectivity index (χ1n) is 7.45. The van der Waals surface area contributed by atoms with Crippen LogP contribution in [-0.4, -0.2) is 15.0 Å². The molecule has 1 aromatic heterocycles. The average molecular weight is 406 g/mol. The molecule has 3 nitrogen and oxygen atoms in total. The lowest BCUT2D eigenvalue weighted by Crippen LogP contribution is -2.07. The first-order valence-corrected chi connectivity index (χ1v) is 7.83. The zero-order valence-corrected chi connectivity index (χ0v) is 14.3. The molecule has 0 spiro atoms. The Morgan fingerprint density at radius 1 is 0.852 bits per heavy atom.